The first-order chi connectivity index (χ1) is 24.2. The number of amides is 5. The first-order valence-electron chi connectivity index (χ1n) is 17.6. The van der Waals surface area contributed by atoms with Crippen LogP contribution in [0.1, 0.15) is 72.8 Å². The van der Waals surface area contributed by atoms with E-state index < -0.39 is 89.5 Å². The van der Waals surface area contributed by atoms with Gasteiger partial charge in [0.2, 0.25) is 17.6 Å². The summed E-state index contributed by atoms with van der Waals surface area (Å²) in [6.45, 7) is 14.1. The molecular formula is C37H50F3N5O7. The number of ketones is 1. The molecule has 0 aromatic heterocycles. The number of nitrogens with zero attached hydrogens (tertiary/aromatic N) is 1. The lowest BCUT2D eigenvalue weighted by Gasteiger charge is -2.38. The molecule has 5 amide bonds. The number of rotatable bonds is 15. The predicted octanol–water partition coefficient (Wildman–Crippen LogP) is 3.79. The molecule has 2 saturated carbocycles. The topological polar surface area (TPSA) is 163 Å². The molecule has 52 heavy (non-hydrogen) atoms. The Labute approximate surface area is 302 Å². The van der Waals surface area contributed by atoms with E-state index in [2.05, 4.69) is 27.8 Å². The minimum Gasteiger partial charge on any atom is -0.459 e. The second-order valence-electron chi connectivity index (χ2n) is 15.7. The fourth-order valence-corrected chi connectivity index (χ4v) is 7.26. The Morgan fingerprint density at radius 2 is 1.65 bits per heavy atom. The highest BCUT2D eigenvalue weighted by atomic mass is 19.4. The van der Waals surface area contributed by atoms with Crippen LogP contribution in [0.4, 0.5) is 18.0 Å². The van der Waals surface area contributed by atoms with Gasteiger partial charge in [-0.2, -0.15) is 13.2 Å². The van der Waals surface area contributed by atoms with Gasteiger partial charge in [-0.1, -0.05) is 84.4 Å². The van der Waals surface area contributed by atoms with Gasteiger partial charge in [0, 0.05) is 13.1 Å². The Balaban J connectivity index is 1.54. The van der Waals surface area contributed by atoms with Gasteiger partial charge in [0.05, 0.1) is 11.5 Å². The highest BCUT2D eigenvalue weighted by Gasteiger charge is 2.71. The quantitative estimate of drug-likeness (QED) is 0.121. The zero-order valence-corrected chi connectivity index (χ0v) is 30.5. The second kappa shape index (κ2) is 15.3. The number of ether oxygens (including phenoxy) is 1. The molecule has 1 heterocycles. The molecule has 4 rings (SSSR count). The highest BCUT2D eigenvalue weighted by molar-refractivity contribution is 6.38. The minimum atomic E-state index is -4.83. The van der Waals surface area contributed by atoms with Crippen molar-refractivity contribution in [1.29, 1.82) is 0 Å². The molecule has 1 saturated heterocycles. The highest BCUT2D eigenvalue weighted by Crippen LogP contribution is 2.65. The van der Waals surface area contributed by atoms with Crippen LogP contribution < -0.4 is 21.3 Å². The van der Waals surface area contributed by atoms with Crippen molar-refractivity contribution in [2.75, 3.05) is 13.1 Å². The minimum absolute atomic E-state index is 0.0573. The SMILES string of the molecule is C=CCNC(=O)C(=O)C(CCC)NC(=O)[C@@H]1[C@@H]2[C@H](CN1C(=O)[C@@H](NC(=O)N[C@H](C(=O)OCc1ccccc1)C1(C(F)(F)F)CC1)C(C)(C)C)C2(C)C. The summed E-state index contributed by atoms with van der Waals surface area (Å²) < 4.78 is 48.1. The number of piperidine rings is 1. The molecule has 4 N–H and O–H groups in total. The summed E-state index contributed by atoms with van der Waals surface area (Å²) in [5.74, 6) is -4.64. The van der Waals surface area contributed by atoms with Gasteiger partial charge in [0.15, 0.2) is 0 Å². The maximum Gasteiger partial charge on any atom is 0.397 e. The second-order valence-corrected chi connectivity index (χ2v) is 15.7. The molecule has 12 nitrogen and oxygen atoms in total. The number of urea groups is 1. The number of hydrogen-bond donors (Lipinski definition) is 4. The fraction of sp³-hybridized carbons (Fsp3) is 0.622. The molecule has 3 fully saturated rings. The van der Waals surface area contributed by atoms with Crippen LogP contribution in [-0.2, 0) is 35.3 Å². The van der Waals surface area contributed by atoms with Crippen molar-refractivity contribution in [3.8, 4) is 0 Å². The van der Waals surface area contributed by atoms with E-state index in [4.69, 9.17) is 4.74 Å². The number of Topliss-reactive ketones (excluding diaryl/α,β-unsaturated/α-hetero) is 1. The summed E-state index contributed by atoms with van der Waals surface area (Å²) in [6, 6.07) is 1.56. The zero-order chi connectivity index (χ0) is 38.8. The number of nitrogens with one attached hydrogen (secondary N) is 4. The molecule has 15 heteroatoms. The Morgan fingerprint density at radius 1 is 1.02 bits per heavy atom. The van der Waals surface area contributed by atoms with E-state index in [1.165, 1.54) is 11.0 Å². The average Bonchev–Trinajstić information content (AvgIpc) is 3.92. The van der Waals surface area contributed by atoms with E-state index in [9.17, 15) is 41.9 Å². The van der Waals surface area contributed by atoms with Crippen LogP contribution in [0.15, 0.2) is 43.0 Å². The van der Waals surface area contributed by atoms with Gasteiger partial charge in [0.1, 0.15) is 24.7 Å². The number of hydrogen-bond acceptors (Lipinski definition) is 7. The summed E-state index contributed by atoms with van der Waals surface area (Å²) in [7, 11) is 0. The summed E-state index contributed by atoms with van der Waals surface area (Å²) >= 11 is 0. The molecule has 1 aromatic carbocycles. The summed E-state index contributed by atoms with van der Waals surface area (Å²) in [6.07, 6.45) is -3.58. The third-order valence-corrected chi connectivity index (χ3v) is 10.6. The van der Waals surface area contributed by atoms with E-state index >= 15 is 0 Å². The molecule has 0 bridgehead atoms. The third-order valence-electron chi connectivity index (χ3n) is 10.6. The van der Waals surface area contributed by atoms with Crippen molar-refractivity contribution >= 4 is 35.5 Å². The molecule has 0 radical (unpaired) electrons. The van der Waals surface area contributed by atoms with Crippen LogP contribution in [0.5, 0.6) is 0 Å². The van der Waals surface area contributed by atoms with Crippen molar-refractivity contribution in [2.24, 2.45) is 28.1 Å². The van der Waals surface area contributed by atoms with Crippen LogP contribution in [0.25, 0.3) is 0 Å². The van der Waals surface area contributed by atoms with E-state index in [0.717, 1.165) is 0 Å². The van der Waals surface area contributed by atoms with E-state index in [1.807, 2.05) is 13.8 Å². The van der Waals surface area contributed by atoms with Crippen molar-refractivity contribution in [1.82, 2.24) is 26.2 Å². The maximum atomic E-state index is 14.3. The Hall–Kier alpha value is -4.43. The summed E-state index contributed by atoms with van der Waals surface area (Å²) in [4.78, 5) is 81.7. The smallest absolute Gasteiger partial charge is 0.397 e. The monoisotopic (exact) mass is 733 g/mol. The molecule has 1 unspecified atom stereocenters. The normalized spacial score (nSPS) is 22.8. The predicted molar refractivity (Wildman–Crippen MR) is 184 cm³/mol. The number of alkyl halides is 3. The molecule has 0 spiro atoms. The maximum absolute atomic E-state index is 14.3. The largest absolute Gasteiger partial charge is 0.459 e. The number of halogens is 3. The van der Waals surface area contributed by atoms with Crippen molar-refractivity contribution in [3.63, 3.8) is 0 Å². The van der Waals surface area contributed by atoms with Gasteiger partial charge in [-0.05, 0) is 47.5 Å². The Morgan fingerprint density at radius 3 is 2.19 bits per heavy atom. The summed E-state index contributed by atoms with van der Waals surface area (Å²) in [5, 5.41) is 9.79. The molecule has 3 aliphatic rings. The van der Waals surface area contributed by atoms with Crippen LogP contribution in [-0.4, -0.2) is 83.8 Å². The third kappa shape index (κ3) is 8.44. The molecular weight excluding hydrogens is 683 g/mol. The molecule has 6 atom stereocenters. The number of carbonyl (C=O) groups excluding carboxylic acids is 6. The number of fused-ring (bicyclic) bond motifs is 1. The summed E-state index contributed by atoms with van der Waals surface area (Å²) in [5.41, 5.74) is -3.32. The first-order valence-corrected chi connectivity index (χ1v) is 17.6. The van der Waals surface area contributed by atoms with Crippen LogP contribution in [0.3, 0.4) is 0 Å². The number of likely N-dealkylation sites (tertiary alicyclic amines) is 1. The first kappa shape index (κ1) is 40.3. The van der Waals surface area contributed by atoms with Crippen molar-refractivity contribution in [2.45, 2.75) is 104 Å². The Bertz CT molecular complexity index is 1550. The molecule has 1 aromatic rings. The number of benzene rings is 1. The zero-order valence-electron chi connectivity index (χ0n) is 30.5. The van der Waals surface area contributed by atoms with Gasteiger partial charge in [0.25, 0.3) is 5.91 Å². The standard InChI is InChI=1S/C37H50F3N5O7/c1-8-13-23(26(46)30(48)41-18-9-2)42-29(47)25-24-22(35(24,6)7)19-45(25)31(49)27(34(3,4)5)43-33(51)44-28(36(16-17-36)37(38,39)40)32(50)52-20-21-14-11-10-12-15-21/h9-12,14-15,22-25,27-28H,2,8,13,16-20H2,1,3-7H3,(H,41,48)(H,42,47)(H2,43,44,51)/t22-,23?,24-,25-,27+,28+/m0/s1. The molecule has 286 valence electrons. The van der Waals surface area contributed by atoms with Crippen molar-refractivity contribution < 1.29 is 46.7 Å². The molecule has 1 aliphatic heterocycles. The van der Waals surface area contributed by atoms with Crippen LogP contribution in [0, 0.1) is 28.1 Å². The lowest BCUT2D eigenvalue weighted by Crippen LogP contribution is -2.63. The van der Waals surface area contributed by atoms with Gasteiger partial charge >= 0.3 is 18.2 Å². The van der Waals surface area contributed by atoms with E-state index in [1.54, 1.807) is 58.0 Å². The van der Waals surface area contributed by atoms with Gasteiger partial charge in [-0.3, -0.25) is 19.2 Å². The van der Waals surface area contributed by atoms with Gasteiger partial charge < -0.3 is 30.9 Å². The number of esters is 1. The lowest BCUT2D eigenvalue weighted by molar-refractivity contribution is -0.202. The molecule has 2 aliphatic carbocycles. The Kier molecular flexibility index (Phi) is 11.9. The van der Waals surface area contributed by atoms with Crippen LogP contribution in [0.2, 0.25) is 0 Å². The van der Waals surface area contributed by atoms with Crippen molar-refractivity contribution in [3.05, 3.63) is 48.6 Å². The number of carbonyl (C=O) groups is 6. The lowest BCUT2D eigenvalue weighted by atomic mass is 9.85. The van der Waals surface area contributed by atoms with E-state index in [-0.39, 0.29) is 43.4 Å². The van der Waals surface area contributed by atoms with Gasteiger partial charge in [-0.15, -0.1) is 6.58 Å². The van der Waals surface area contributed by atoms with E-state index in [0.29, 0.717) is 12.0 Å². The van der Waals surface area contributed by atoms with Crippen LogP contribution >= 0.6 is 0 Å². The average molecular weight is 734 g/mol. The fourth-order valence-electron chi connectivity index (χ4n) is 7.26. The van der Waals surface area contributed by atoms with Gasteiger partial charge in [-0.25, -0.2) is 9.59 Å².